The molecule has 1 aliphatic heterocycles. The van der Waals surface area contributed by atoms with Crippen molar-refractivity contribution in [1.82, 2.24) is 10.2 Å². The number of nitrogens with one attached hydrogen (secondary N) is 1. The minimum absolute atomic E-state index is 0.0266. The average Bonchev–Trinajstić information content (AvgIpc) is 2.52. The summed E-state index contributed by atoms with van der Waals surface area (Å²) in [5.41, 5.74) is -0.706. The Bertz CT molecular complexity index is 653. The maximum atomic E-state index is 13.5. The molecule has 0 radical (unpaired) electrons. The Morgan fingerprint density at radius 3 is 2.17 bits per heavy atom. The van der Waals surface area contributed by atoms with Crippen molar-refractivity contribution in [2.45, 2.75) is 25.1 Å². The number of hydrogen-bond donors (Lipinski definition) is 1. The first-order valence-corrected chi connectivity index (χ1v) is 6.91. The third kappa shape index (κ3) is 3.80. The highest BCUT2D eigenvalue weighted by atomic mass is 19.4. The Hall–Kier alpha value is -2.26. The molecule has 4 nitrogen and oxygen atoms in total. The van der Waals surface area contributed by atoms with E-state index in [0.717, 1.165) is 6.07 Å². The van der Waals surface area contributed by atoms with E-state index in [9.17, 15) is 35.9 Å². The number of nitrogens with zero attached hydrogens (tertiary/aromatic N) is 1. The lowest BCUT2D eigenvalue weighted by atomic mass is 10.0. The van der Waals surface area contributed by atoms with Crippen LogP contribution in [0.4, 0.5) is 26.3 Å². The minimum atomic E-state index is -4.97. The van der Waals surface area contributed by atoms with Gasteiger partial charge in [-0.3, -0.25) is 9.59 Å². The van der Waals surface area contributed by atoms with Gasteiger partial charge in [-0.2, -0.15) is 13.2 Å². The fraction of sp³-hybridized carbons (Fsp3) is 0.429. The molecular weight excluding hydrogens is 342 g/mol. The lowest BCUT2D eigenvalue weighted by molar-refractivity contribution is -0.186. The normalized spacial score (nSPS) is 16.2. The number of rotatable bonds is 2. The first-order chi connectivity index (χ1) is 11.1. The number of benzene rings is 1. The zero-order valence-corrected chi connectivity index (χ0v) is 12.1. The van der Waals surface area contributed by atoms with E-state index in [4.69, 9.17) is 0 Å². The van der Waals surface area contributed by atoms with Crippen LogP contribution < -0.4 is 5.32 Å². The summed E-state index contributed by atoms with van der Waals surface area (Å²) < 4.78 is 76.4. The lowest BCUT2D eigenvalue weighted by Crippen LogP contribution is -2.50. The van der Waals surface area contributed by atoms with E-state index in [2.05, 4.69) is 5.32 Å². The van der Waals surface area contributed by atoms with Crippen LogP contribution in [0.3, 0.4) is 0 Å². The van der Waals surface area contributed by atoms with E-state index < -0.39 is 47.0 Å². The van der Waals surface area contributed by atoms with Gasteiger partial charge in [0.05, 0.1) is 5.56 Å². The molecule has 0 atom stereocenters. The molecule has 2 amide bonds. The van der Waals surface area contributed by atoms with E-state index >= 15 is 0 Å². The predicted octanol–water partition coefficient (Wildman–Crippen LogP) is 2.39. The van der Waals surface area contributed by atoms with Crippen molar-refractivity contribution in [2.75, 3.05) is 13.1 Å². The standard InChI is InChI=1S/C14H12F6N2O2/c15-9-2-1-8(10(16)11(9)17)12(23)21-7-3-5-22(6-4-7)13(24)14(18,19)20/h1-2,7H,3-6H2,(H,21,23). The Balaban J connectivity index is 1.96. The molecule has 1 heterocycles. The highest BCUT2D eigenvalue weighted by Gasteiger charge is 2.43. The van der Waals surface area contributed by atoms with Gasteiger partial charge >= 0.3 is 12.1 Å². The quantitative estimate of drug-likeness (QED) is 0.655. The van der Waals surface area contributed by atoms with Gasteiger partial charge in [-0.15, -0.1) is 0 Å². The fourth-order valence-corrected chi connectivity index (χ4v) is 2.37. The molecule has 1 saturated heterocycles. The zero-order chi connectivity index (χ0) is 18.1. The third-order valence-electron chi connectivity index (χ3n) is 3.64. The monoisotopic (exact) mass is 354 g/mol. The molecule has 0 saturated carbocycles. The van der Waals surface area contributed by atoms with E-state index in [1.807, 2.05) is 0 Å². The summed E-state index contributed by atoms with van der Waals surface area (Å²) in [6.45, 7) is -0.465. The molecule has 0 aromatic heterocycles. The van der Waals surface area contributed by atoms with Crippen molar-refractivity contribution in [3.05, 3.63) is 35.1 Å². The van der Waals surface area contributed by atoms with Crippen molar-refractivity contribution < 1.29 is 35.9 Å². The fourth-order valence-electron chi connectivity index (χ4n) is 2.37. The van der Waals surface area contributed by atoms with Crippen molar-refractivity contribution in [3.8, 4) is 0 Å². The van der Waals surface area contributed by atoms with Gasteiger partial charge in [0, 0.05) is 19.1 Å². The number of hydrogen-bond acceptors (Lipinski definition) is 2. The van der Waals surface area contributed by atoms with Gasteiger partial charge in [0.2, 0.25) is 0 Å². The number of likely N-dealkylation sites (tertiary alicyclic amines) is 1. The van der Waals surface area contributed by atoms with Crippen molar-refractivity contribution in [2.24, 2.45) is 0 Å². The molecule has 1 aromatic rings. The van der Waals surface area contributed by atoms with Crippen molar-refractivity contribution >= 4 is 11.8 Å². The largest absolute Gasteiger partial charge is 0.471 e. The average molecular weight is 354 g/mol. The number of alkyl halides is 3. The van der Waals surface area contributed by atoms with Gasteiger partial charge in [0.1, 0.15) is 0 Å². The van der Waals surface area contributed by atoms with Gasteiger partial charge in [-0.25, -0.2) is 13.2 Å². The van der Waals surface area contributed by atoms with Crippen LogP contribution in [0, 0.1) is 17.5 Å². The highest BCUT2D eigenvalue weighted by Crippen LogP contribution is 2.22. The van der Waals surface area contributed by atoms with Gasteiger partial charge in [0.25, 0.3) is 5.91 Å². The van der Waals surface area contributed by atoms with Crippen LogP contribution in [0.5, 0.6) is 0 Å². The van der Waals surface area contributed by atoms with Crippen LogP contribution in [0.1, 0.15) is 23.2 Å². The lowest BCUT2D eigenvalue weighted by Gasteiger charge is -2.32. The molecule has 2 rings (SSSR count). The maximum absolute atomic E-state index is 13.5. The van der Waals surface area contributed by atoms with E-state index in [0.29, 0.717) is 11.0 Å². The molecule has 1 aliphatic rings. The van der Waals surface area contributed by atoms with E-state index in [1.165, 1.54) is 0 Å². The smallest absolute Gasteiger partial charge is 0.349 e. The second-order valence-electron chi connectivity index (χ2n) is 5.26. The van der Waals surface area contributed by atoms with Gasteiger partial charge in [-0.05, 0) is 25.0 Å². The first-order valence-electron chi connectivity index (χ1n) is 6.91. The van der Waals surface area contributed by atoms with Crippen LogP contribution in [0.25, 0.3) is 0 Å². The molecule has 1 aromatic carbocycles. The molecule has 0 spiro atoms. The second kappa shape index (κ2) is 6.70. The molecule has 10 heteroatoms. The summed E-state index contributed by atoms with van der Waals surface area (Å²) in [7, 11) is 0. The molecule has 24 heavy (non-hydrogen) atoms. The Morgan fingerprint density at radius 1 is 1.04 bits per heavy atom. The van der Waals surface area contributed by atoms with Crippen molar-refractivity contribution in [3.63, 3.8) is 0 Å². The number of halogens is 6. The zero-order valence-electron chi connectivity index (χ0n) is 12.1. The summed E-state index contributed by atoms with van der Waals surface area (Å²) >= 11 is 0. The van der Waals surface area contributed by atoms with Crippen LogP contribution in [0.2, 0.25) is 0 Å². The molecule has 0 aliphatic carbocycles. The Labute approximate surface area is 132 Å². The maximum Gasteiger partial charge on any atom is 0.471 e. The van der Waals surface area contributed by atoms with Crippen LogP contribution in [-0.4, -0.2) is 42.0 Å². The summed E-state index contributed by atoms with van der Waals surface area (Å²) in [6.07, 6.45) is -4.91. The number of amides is 2. The second-order valence-corrected chi connectivity index (χ2v) is 5.26. The van der Waals surface area contributed by atoms with Crippen molar-refractivity contribution in [1.29, 1.82) is 0 Å². The van der Waals surface area contributed by atoms with Crippen LogP contribution in [0.15, 0.2) is 12.1 Å². The van der Waals surface area contributed by atoms with Crippen LogP contribution in [-0.2, 0) is 4.79 Å². The minimum Gasteiger partial charge on any atom is -0.349 e. The number of piperidine rings is 1. The molecule has 0 unspecified atom stereocenters. The highest BCUT2D eigenvalue weighted by molar-refractivity contribution is 5.94. The summed E-state index contributed by atoms with van der Waals surface area (Å²) in [6, 6.07) is 0.755. The van der Waals surface area contributed by atoms with Gasteiger partial charge in [-0.1, -0.05) is 0 Å². The third-order valence-corrected chi connectivity index (χ3v) is 3.64. The van der Waals surface area contributed by atoms with Crippen LogP contribution >= 0.6 is 0 Å². The first kappa shape index (κ1) is 18.1. The van der Waals surface area contributed by atoms with Gasteiger partial charge in [0.15, 0.2) is 17.5 Å². The Kier molecular flexibility index (Phi) is 5.05. The van der Waals surface area contributed by atoms with E-state index in [-0.39, 0.29) is 25.9 Å². The van der Waals surface area contributed by atoms with Gasteiger partial charge < -0.3 is 10.2 Å². The molecule has 0 bridgehead atoms. The number of carbonyl (C=O) groups is 2. The summed E-state index contributed by atoms with van der Waals surface area (Å²) in [5, 5.41) is 2.33. The summed E-state index contributed by atoms with van der Waals surface area (Å²) in [4.78, 5) is 23.6. The SMILES string of the molecule is O=C(NC1CCN(C(=O)C(F)(F)F)CC1)c1ccc(F)c(F)c1F. The number of carbonyl (C=O) groups excluding carboxylic acids is 2. The summed E-state index contributed by atoms with van der Waals surface area (Å²) in [5.74, 6) is -7.83. The van der Waals surface area contributed by atoms with E-state index in [1.54, 1.807) is 0 Å². The topological polar surface area (TPSA) is 49.4 Å². The molecular formula is C14H12F6N2O2. The predicted molar refractivity (Wildman–Crippen MR) is 69.4 cm³/mol. The molecule has 132 valence electrons. The molecule has 1 N–H and O–H groups in total. The Morgan fingerprint density at radius 2 is 1.62 bits per heavy atom. The molecule has 1 fully saturated rings.